The van der Waals surface area contributed by atoms with Crippen LogP contribution in [0.4, 0.5) is 0 Å². The first kappa shape index (κ1) is 20.7. The summed E-state index contributed by atoms with van der Waals surface area (Å²) in [6, 6.07) is 12.3. The largest absolute Gasteiger partial charge is 0.504 e. The van der Waals surface area contributed by atoms with Crippen LogP contribution in [-0.2, 0) is 11.8 Å². The van der Waals surface area contributed by atoms with Crippen LogP contribution in [0.3, 0.4) is 0 Å². The third-order valence-corrected chi connectivity index (χ3v) is 5.15. The van der Waals surface area contributed by atoms with E-state index in [1.165, 1.54) is 25.1 Å². The van der Waals surface area contributed by atoms with Crippen LogP contribution in [0, 0.1) is 0 Å². The Bertz CT molecular complexity index is 1050. The van der Waals surface area contributed by atoms with E-state index in [-0.39, 0.29) is 17.4 Å². The molecule has 0 aliphatic rings. The van der Waals surface area contributed by atoms with Crippen molar-refractivity contribution in [2.75, 3.05) is 12.9 Å². The van der Waals surface area contributed by atoms with E-state index in [9.17, 15) is 9.90 Å². The number of hydrazone groups is 1. The van der Waals surface area contributed by atoms with Crippen molar-refractivity contribution in [2.24, 2.45) is 12.1 Å². The van der Waals surface area contributed by atoms with E-state index in [4.69, 9.17) is 16.3 Å². The van der Waals surface area contributed by atoms with E-state index in [1.54, 1.807) is 34.9 Å². The molecule has 0 spiro atoms. The van der Waals surface area contributed by atoms with Crippen molar-refractivity contribution in [1.29, 1.82) is 0 Å². The number of phenolic OH excluding ortho intramolecular Hbond substituents is 1. The second-order valence-corrected chi connectivity index (χ2v) is 7.23. The molecule has 1 heterocycles. The van der Waals surface area contributed by atoms with Gasteiger partial charge in [0.1, 0.15) is 0 Å². The van der Waals surface area contributed by atoms with E-state index in [1.807, 2.05) is 19.2 Å². The average Bonchev–Trinajstić information content (AvgIpc) is 3.08. The van der Waals surface area contributed by atoms with Crippen molar-refractivity contribution in [3.8, 4) is 22.9 Å². The summed E-state index contributed by atoms with van der Waals surface area (Å²) in [5.41, 5.74) is 3.68. The lowest BCUT2D eigenvalue weighted by atomic mass is 10.2. The molecule has 0 atom stereocenters. The molecule has 3 aromatic rings. The number of rotatable bonds is 7. The monoisotopic (exact) mass is 431 g/mol. The van der Waals surface area contributed by atoms with Crippen LogP contribution in [0.25, 0.3) is 11.4 Å². The second kappa shape index (κ2) is 9.44. The van der Waals surface area contributed by atoms with Crippen LogP contribution in [-0.4, -0.2) is 44.9 Å². The van der Waals surface area contributed by atoms with Crippen LogP contribution in [0.1, 0.15) is 5.56 Å². The van der Waals surface area contributed by atoms with Gasteiger partial charge in [-0.2, -0.15) is 5.10 Å². The Hall–Kier alpha value is -3.04. The SMILES string of the molecule is COc1cccc(C=NNC(=O)CSc2nnc(-c3cccc(Cl)c3)n2C)c1O. The van der Waals surface area contributed by atoms with Gasteiger partial charge in [0.25, 0.3) is 5.91 Å². The van der Waals surface area contributed by atoms with E-state index < -0.39 is 0 Å². The van der Waals surface area contributed by atoms with Crippen LogP contribution in [0.15, 0.2) is 52.7 Å². The summed E-state index contributed by atoms with van der Waals surface area (Å²) < 4.78 is 6.82. The van der Waals surface area contributed by atoms with Gasteiger partial charge in [0.2, 0.25) is 0 Å². The minimum atomic E-state index is -0.319. The minimum absolute atomic E-state index is 0.0463. The highest BCUT2D eigenvalue weighted by atomic mass is 35.5. The quantitative estimate of drug-likeness (QED) is 0.338. The molecule has 0 unspecified atom stereocenters. The summed E-state index contributed by atoms with van der Waals surface area (Å²) in [7, 11) is 3.28. The molecular weight excluding hydrogens is 414 g/mol. The molecule has 0 fully saturated rings. The number of nitrogens with one attached hydrogen (secondary N) is 1. The van der Waals surface area contributed by atoms with Crippen molar-refractivity contribution >= 4 is 35.5 Å². The number of nitrogens with zero attached hydrogens (tertiary/aromatic N) is 4. The summed E-state index contributed by atoms with van der Waals surface area (Å²) in [6.45, 7) is 0. The van der Waals surface area contributed by atoms with E-state index >= 15 is 0 Å². The summed E-state index contributed by atoms with van der Waals surface area (Å²) in [4.78, 5) is 12.0. The number of halogens is 1. The molecule has 1 aromatic heterocycles. The van der Waals surface area contributed by atoms with Crippen molar-refractivity contribution < 1.29 is 14.6 Å². The van der Waals surface area contributed by atoms with Gasteiger partial charge in [-0.15, -0.1) is 10.2 Å². The highest BCUT2D eigenvalue weighted by molar-refractivity contribution is 7.99. The molecule has 0 saturated carbocycles. The molecule has 1 amide bonds. The van der Waals surface area contributed by atoms with Crippen LogP contribution >= 0.6 is 23.4 Å². The molecule has 8 nitrogen and oxygen atoms in total. The molecule has 0 radical (unpaired) electrons. The maximum atomic E-state index is 12.0. The first-order valence-electron chi connectivity index (χ1n) is 8.45. The molecule has 2 N–H and O–H groups in total. The van der Waals surface area contributed by atoms with Crippen molar-refractivity contribution in [2.45, 2.75) is 5.16 Å². The molecule has 0 saturated heterocycles. The van der Waals surface area contributed by atoms with Crippen LogP contribution < -0.4 is 10.2 Å². The van der Waals surface area contributed by atoms with E-state index in [2.05, 4.69) is 20.7 Å². The van der Waals surface area contributed by atoms with Gasteiger partial charge in [0.05, 0.1) is 19.1 Å². The number of para-hydroxylation sites is 1. The van der Waals surface area contributed by atoms with Crippen molar-refractivity contribution in [1.82, 2.24) is 20.2 Å². The number of phenols is 1. The zero-order chi connectivity index (χ0) is 20.8. The first-order valence-corrected chi connectivity index (χ1v) is 9.82. The molecule has 150 valence electrons. The zero-order valence-electron chi connectivity index (χ0n) is 15.7. The highest BCUT2D eigenvalue weighted by Gasteiger charge is 2.13. The number of aromatic nitrogens is 3. The maximum absolute atomic E-state index is 12.0. The fourth-order valence-corrected chi connectivity index (χ4v) is 3.36. The summed E-state index contributed by atoms with van der Waals surface area (Å²) in [6.07, 6.45) is 1.35. The van der Waals surface area contributed by atoms with Crippen molar-refractivity contribution in [3.05, 3.63) is 53.1 Å². The molecule has 0 aliphatic carbocycles. The molecule has 0 aliphatic heterocycles. The van der Waals surface area contributed by atoms with Gasteiger partial charge in [0.15, 0.2) is 22.5 Å². The molecule has 2 aromatic carbocycles. The Labute approximate surface area is 176 Å². The number of carbonyl (C=O) groups excluding carboxylic acids is 1. The normalized spacial score (nSPS) is 11.0. The molecule has 0 bridgehead atoms. The van der Waals surface area contributed by atoms with Gasteiger partial charge in [0, 0.05) is 23.2 Å². The van der Waals surface area contributed by atoms with Gasteiger partial charge in [-0.1, -0.05) is 41.6 Å². The minimum Gasteiger partial charge on any atom is -0.504 e. The number of hydrogen-bond acceptors (Lipinski definition) is 7. The Balaban J connectivity index is 1.58. The Morgan fingerprint density at radius 2 is 2.14 bits per heavy atom. The third kappa shape index (κ3) is 5.07. The van der Waals surface area contributed by atoms with Gasteiger partial charge < -0.3 is 14.4 Å². The second-order valence-electron chi connectivity index (χ2n) is 5.86. The summed E-state index contributed by atoms with van der Waals surface area (Å²) >= 11 is 7.26. The van der Waals surface area contributed by atoms with Gasteiger partial charge in [-0.05, 0) is 24.3 Å². The number of ether oxygens (including phenoxy) is 1. The highest BCUT2D eigenvalue weighted by Crippen LogP contribution is 2.28. The number of aromatic hydroxyl groups is 1. The zero-order valence-corrected chi connectivity index (χ0v) is 17.2. The number of hydrogen-bond donors (Lipinski definition) is 2. The lowest BCUT2D eigenvalue weighted by Crippen LogP contribution is -2.19. The number of thioether (sulfide) groups is 1. The smallest absolute Gasteiger partial charge is 0.250 e. The number of methoxy groups -OCH3 is 1. The predicted molar refractivity (Wildman–Crippen MR) is 113 cm³/mol. The first-order chi connectivity index (χ1) is 14.0. The molecule has 3 rings (SSSR count). The standard InChI is InChI=1S/C19H18ClN5O3S/c1-25-18(12-5-3-7-14(20)9-12)23-24-19(25)29-11-16(26)22-21-10-13-6-4-8-15(28-2)17(13)27/h3-10,27H,11H2,1-2H3,(H,22,26). The Morgan fingerprint density at radius 3 is 2.90 bits per heavy atom. The van der Waals surface area contributed by atoms with Gasteiger partial charge in [-0.25, -0.2) is 5.43 Å². The average molecular weight is 432 g/mol. The van der Waals surface area contributed by atoms with Crippen LogP contribution in [0.2, 0.25) is 5.02 Å². The summed E-state index contributed by atoms with van der Waals surface area (Å²) in [5.74, 6) is 0.717. The third-order valence-electron chi connectivity index (χ3n) is 3.89. The number of carbonyl (C=O) groups is 1. The lowest BCUT2D eigenvalue weighted by molar-refractivity contribution is -0.118. The number of benzene rings is 2. The topological polar surface area (TPSA) is 102 Å². The number of amides is 1. The fraction of sp³-hybridized carbons (Fsp3) is 0.158. The fourth-order valence-electron chi connectivity index (χ4n) is 2.46. The Morgan fingerprint density at radius 1 is 1.34 bits per heavy atom. The van der Waals surface area contributed by atoms with Crippen LogP contribution in [0.5, 0.6) is 11.5 Å². The van der Waals surface area contributed by atoms with Gasteiger partial charge >= 0.3 is 0 Å². The molecule has 10 heteroatoms. The summed E-state index contributed by atoms with van der Waals surface area (Å²) in [5, 5.41) is 23.3. The van der Waals surface area contributed by atoms with Crippen molar-refractivity contribution in [3.63, 3.8) is 0 Å². The van der Waals surface area contributed by atoms with E-state index in [0.717, 1.165) is 5.56 Å². The molecular formula is C19H18ClN5O3S. The Kier molecular flexibility index (Phi) is 6.73. The van der Waals surface area contributed by atoms with E-state index in [0.29, 0.717) is 27.3 Å². The lowest BCUT2D eigenvalue weighted by Gasteiger charge is -2.05. The maximum Gasteiger partial charge on any atom is 0.250 e. The molecule has 29 heavy (non-hydrogen) atoms. The predicted octanol–water partition coefficient (Wildman–Crippen LogP) is 3.09. The van der Waals surface area contributed by atoms with Gasteiger partial charge in [-0.3, -0.25) is 4.79 Å².